The van der Waals surface area contributed by atoms with E-state index in [1.54, 1.807) is 12.1 Å². The van der Waals surface area contributed by atoms with E-state index in [9.17, 15) is 13.2 Å². The molecule has 112 valence electrons. The molecule has 1 saturated heterocycles. The largest absolute Gasteiger partial charge is 0.416 e. The zero-order valence-corrected chi connectivity index (χ0v) is 11.7. The van der Waals surface area contributed by atoms with Crippen molar-refractivity contribution >= 4 is 0 Å². The molecule has 0 radical (unpaired) electrons. The molecule has 1 aromatic carbocycles. The Bertz CT molecular complexity index is 420. The normalized spacial score (nSPS) is 20.1. The van der Waals surface area contributed by atoms with Crippen molar-refractivity contribution in [3.8, 4) is 0 Å². The van der Waals surface area contributed by atoms with Gasteiger partial charge in [-0.25, -0.2) is 0 Å². The van der Waals surface area contributed by atoms with Crippen LogP contribution in [0.2, 0.25) is 0 Å². The van der Waals surface area contributed by atoms with Gasteiger partial charge in [0.25, 0.3) is 0 Å². The van der Waals surface area contributed by atoms with Gasteiger partial charge in [0, 0.05) is 0 Å². The number of nitrogens with two attached hydrogens (primary N) is 1. The molecule has 5 heteroatoms. The van der Waals surface area contributed by atoms with Crippen molar-refractivity contribution in [3.05, 3.63) is 35.4 Å². The van der Waals surface area contributed by atoms with Crippen LogP contribution >= 0.6 is 0 Å². The van der Waals surface area contributed by atoms with Gasteiger partial charge in [0.2, 0.25) is 0 Å². The first-order chi connectivity index (χ1) is 9.41. The van der Waals surface area contributed by atoms with Crippen LogP contribution in [-0.4, -0.2) is 31.6 Å². The van der Waals surface area contributed by atoms with Gasteiger partial charge in [-0.3, -0.25) is 0 Å². The van der Waals surface area contributed by atoms with E-state index in [0.29, 0.717) is 12.5 Å². The van der Waals surface area contributed by atoms with Gasteiger partial charge in [0.15, 0.2) is 0 Å². The van der Waals surface area contributed by atoms with Crippen LogP contribution in [0.1, 0.15) is 29.9 Å². The maximum Gasteiger partial charge on any atom is 0.416 e. The fourth-order valence-electron chi connectivity index (χ4n) is 2.95. The van der Waals surface area contributed by atoms with E-state index in [4.69, 9.17) is 5.73 Å². The second kappa shape index (κ2) is 6.14. The Kier molecular flexibility index (Phi) is 4.70. The molecule has 2 N–H and O–H groups in total. The lowest BCUT2D eigenvalue weighted by atomic mass is 9.80. The molecule has 2 nitrogen and oxygen atoms in total. The molecule has 0 bridgehead atoms. The summed E-state index contributed by atoms with van der Waals surface area (Å²) in [6.45, 7) is 2.54. The molecule has 20 heavy (non-hydrogen) atoms. The monoisotopic (exact) mass is 286 g/mol. The predicted octanol–water partition coefficient (Wildman–Crippen LogP) is 3.09. The van der Waals surface area contributed by atoms with Crippen molar-refractivity contribution in [1.29, 1.82) is 0 Å². The number of hydrogen-bond acceptors (Lipinski definition) is 2. The number of rotatable bonds is 3. The fourth-order valence-corrected chi connectivity index (χ4v) is 2.95. The maximum absolute atomic E-state index is 12.6. The van der Waals surface area contributed by atoms with E-state index < -0.39 is 11.7 Å². The van der Waals surface area contributed by atoms with Crippen LogP contribution in [0.3, 0.4) is 0 Å². The van der Waals surface area contributed by atoms with Crippen molar-refractivity contribution in [2.45, 2.75) is 24.9 Å². The van der Waals surface area contributed by atoms with Crippen molar-refractivity contribution in [2.24, 2.45) is 11.7 Å². The first kappa shape index (κ1) is 15.3. The number of likely N-dealkylation sites (tertiary alicyclic amines) is 1. The quantitative estimate of drug-likeness (QED) is 0.925. The number of nitrogens with zero attached hydrogens (tertiary/aromatic N) is 1. The molecular formula is C15H21F3N2. The van der Waals surface area contributed by atoms with E-state index in [-0.39, 0.29) is 5.92 Å². The van der Waals surface area contributed by atoms with Crippen molar-refractivity contribution < 1.29 is 13.2 Å². The lowest BCUT2D eigenvalue weighted by Gasteiger charge is -2.34. The Balaban J connectivity index is 2.11. The summed E-state index contributed by atoms with van der Waals surface area (Å²) in [5.41, 5.74) is 6.19. The second-order valence-corrected chi connectivity index (χ2v) is 5.60. The third kappa shape index (κ3) is 3.52. The van der Waals surface area contributed by atoms with Crippen LogP contribution in [-0.2, 0) is 6.18 Å². The lowest BCUT2D eigenvalue weighted by Crippen LogP contribution is -2.34. The number of halogens is 3. The van der Waals surface area contributed by atoms with Crippen molar-refractivity contribution in [1.82, 2.24) is 4.90 Å². The summed E-state index contributed by atoms with van der Waals surface area (Å²) < 4.78 is 37.7. The molecular weight excluding hydrogens is 265 g/mol. The highest BCUT2D eigenvalue weighted by Crippen LogP contribution is 2.34. The Morgan fingerprint density at radius 3 is 2.20 bits per heavy atom. The summed E-state index contributed by atoms with van der Waals surface area (Å²) in [6, 6.07) is 5.48. The Morgan fingerprint density at radius 1 is 1.20 bits per heavy atom. The van der Waals surface area contributed by atoms with Gasteiger partial charge in [-0.1, -0.05) is 12.1 Å². The van der Waals surface area contributed by atoms with Gasteiger partial charge in [-0.05, 0) is 69.1 Å². The topological polar surface area (TPSA) is 29.3 Å². The highest BCUT2D eigenvalue weighted by atomic mass is 19.4. The zero-order valence-electron chi connectivity index (χ0n) is 11.7. The Morgan fingerprint density at radius 2 is 1.75 bits per heavy atom. The molecule has 1 heterocycles. The summed E-state index contributed by atoms with van der Waals surface area (Å²) in [5, 5.41) is 0. The number of benzene rings is 1. The number of piperidine rings is 1. The van der Waals surface area contributed by atoms with Gasteiger partial charge < -0.3 is 10.6 Å². The lowest BCUT2D eigenvalue weighted by molar-refractivity contribution is -0.137. The minimum absolute atomic E-state index is 0.158. The molecule has 1 aliphatic rings. The van der Waals surface area contributed by atoms with Crippen molar-refractivity contribution in [2.75, 3.05) is 26.7 Å². The molecule has 0 amide bonds. The van der Waals surface area contributed by atoms with Crippen LogP contribution in [0.5, 0.6) is 0 Å². The first-order valence-corrected chi connectivity index (χ1v) is 6.97. The Hall–Kier alpha value is -1.07. The third-order valence-electron chi connectivity index (χ3n) is 4.25. The molecule has 2 rings (SSSR count). The molecule has 1 fully saturated rings. The average Bonchev–Trinajstić information content (AvgIpc) is 2.41. The van der Waals surface area contributed by atoms with Gasteiger partial charge in [-0.15, -0.1) is 0 Å². The molecule has 1 atom stereocenters. The highest BCUT2D eigenvalue weighted by molar-refractivity contribution is 5.28. The molecule has 0 saturated carbocycles. The zero-order chi connectivity index (χ0) is 14.8. The highest BCUT2D eigenvalue weighted by Gasteiger charge is 2.31. The van der Waals surface area contributed by atoms with Crippen LogP contribution in [0, 0.1) is 5.92 Å². The van der Waals surface area contributed by atoms with E-state index in [1.165, 1.54) is 0 Å². The average molecular weight is 286 g/mol. The number of alkyl halides is 3. The molecule has 0 aromatic heterocycles. The third-order valence-corrected chi connectivity index (χ3v) is 4.25. The second-order valence-electron chi connectivity index (χ2n) is 5.60. The minimum atomic E-state index is -4.27. The van der Waals surface area contributed by atoms with E-state index in [2.05, 4.69) is 11.9 Å². The molecule has 0 aliphatic carbocycles. The summed E-state index contributed by atoms with van der Waals surface area (Å²) >= 11 is 0. The van der Waals surface area contributed by atoms with Crippen molar-refractivity contribution in [3.63, 3.8) is 0 Å². The summed E-state index contributed by atoms with van der Waals surface area (Å²) in [7, 11) is 2.09. The molecule has 0 spiro atoms. The molecule has 1 aromatic rings. The predicted molar refractivity (Wildman–Crippen MR) is 73.5 cm³/mol. The van der Waals surface area contributed by atoms with Crippen LogP contribution in [0.4, 0.5) is 13.2 Å². The smallest absolute Gasteiger partial charge is 0.330 e. The molecule has 1 aliphatic heterocycles. The van der Waals surface area contributed by atoms with Gasteiger partial charge >= 0.3 is 6.18 Å². The standard InChI is InChI=1S/C15H21F3N2/c1-20-8-6-12(7-9-20)14(10-19)11-2-4-13(5-3-11)15(16,17)18/h2-5,12,14H,6-10,19H2,1H3. The van der Waals surface area contributed by atoms with E-state index in [1.807, 2.05) is 0 Å². The minimum Gasteiger partial charge on any atom is -0.330 e. The SMILES string of the molecule is CN1CCC(C(CN)c2ccc(C(F)(F)F)cc2)CC1. The van der Waals surface area contributed by atoms with Gasteiger partial charge in [-0.2, -0.15) is 13.2 Å². The first-order valence-electron chi connectivity index (χ1n) is 6.97. The van der Waals surface area contributed by atoms with Gasteiger partial charge in [0.1, 0.15) is 0 Å². The fraction of sp³-hybridized carbons (Fsp3) is 0.600. The summed E-state index contributed by atoms with van der Waals surface area (Å²) in [4.78, 5) is 2.27. The van der Waals surface area contributed by atoms with Crippen LogP contribution in [0.25, 0.3) is 0 Å². The number of hydrogen-bond donors (Lipinski definition) is 1. The van der Waals surface area contributed by atoms with Gasteiger partial charge in [0.05, 0.1) is 5.56 Å². The maximum atomic E-state index is 12.6. The van der Waals surface area contributed by atoms with Crippen LogP contribution in [0.15, 0.2) is 24.3 Å². The molecule has 1 unspecified atom stereocenters. The summed E-state index contributed by atoms with van der Waals surface area (Å²) in [5.74, 6) is 0.624. The summed E-state index contributed by atoms with van der Waals surface area (Å²) in [6.07, 6.45) is -2.16. The Labute approximate surface area is 117 Å². The van der Waals surface area contributed by atoms with Crippen LogP contribution < -0.4 is 5.73 Å². The van der Waals surface area contributed by atoms with E-state index >= 15 is 0 Å². The van der Waals surface area contributed by atoms with E-state index in [0.717, 1.165) is 43.6 Å².